The molecule has 0 aliphatic rings. The second kappa shape index (κ2) is 13.4. The van der Waals surface area contributed by atoms with E-state index in [2.05, 4.69) is 90.2 Å². The van der Waals surface area contributed by atoms with E-state index < -0.39 is 0 Å². The lowest BCUT2D eigenvalue weighted by Crippen LogP contribution is -2.08. The zero-order chi connectivity index (χ0) is 30.0. The summed E-state index contributed by atoms with van der Waals surface area (Å²) < 4.78 is 10.5. The van der Waals surface area contributed by atoms with E-state index in [9.17, 15) is 0 Å². The number of aromatic nitrogens is 2. The number of anilines is 2. The number of nitrogens with one attached hydrogen (secondary N) is 2. The molecule has 0 spiro atoms. The van der Waals surface area contributed by atoms with Crippen LogP contribution in [0, 0.1) is 96.9 Å². The Kier molecular flexibility index (Phi) is 11.0. The van der Waals surface area contributed by atoms with Crippen molar-refractivity contribution < 1.29 is 9.05 Å². The van der Waals surface area contributed by atoms with Crippen molar-refractivity contribution >= 4 is 11.7 Å². The van der Waals surface area contributed by atoms with E-state index in [0.29, 0.717) is 0 Å². The van der Waals surface area contributed by atoms with Gasteiger partial charge >= 0.3 is 0 Å². The first-order valence-electron chi connectivity index (χ1n) is 14.1. The molecule has 41 heavy (non-hydrogen) atoms. The van der Waals surface area contributed by atoms with Gasteiger partial charge in [0.2, 0.25) is 5.88 Å². The van der Waals surface area contributed by atoms with Crippen LogP contribution in [0.5, 0.6) is 0 Å². The van der Waals surface area contributed by atoms with Crippen LogP contribution >= 0.6 is 0 Å². The van der Waals surface area contributed by atoms with E-state index in [4.69, 9.17) is 9.05 Å². The Labute approximate surface area is 248 Å². The van der Waals surface area contributed by atoms with E-state index in [0.717, 1.165) is 47.4 Å². The summed E-state index contributed by atoms with van der Waals surface area (Å²) in [6.45, 7) is 31.5. The van der Waals surface area contributed by atoms with E-state index in [1.54, 1.807) is 0 Å². The maximum absolute atomic E-state index is 5.32. The average molecular weight is 561 g/mol. The SMILES string of the molecule is C.Cc1noc(NCc2c(C)c(C)c(C)c(C)c2C)c1C.Cc1onc(NCc2c(C)c(C)c(C)c(C)c2C)c1C. The minimum Gasteiger partial charge on any atom is -0.363 e. The van der Waals surface area contributed by atoms with Gasteiger partial charge in [0, 0.05) is 24.2 Å². The minimum atomic E-state index is 0. The lowest BCUT2D eigenvalue weighted by molar-refractivity contribution is 0.398. The van der Waals surface area contributed by atoms with Crippen LogP contribution in [0.4, 0.5) is 11.7 Å². The molecule has 6 heteroatoms. The minimum absolute atomic E-state index is 0. The highest BCUT2D eigenvalue weighted by Gasteiger charge is 2.15. The van der Waals surface area contributed by atoms with E-state index in [1.807, 2.05) is 27.7 Å². The first-order valence-corrected chi connectivity index (χ1v) is 14.1. The van der Waals surface area contributed by atoms with E-state index >= 15 is 0 Å². The zero-order valence-corrected chi connectivity index (χ0v) is 27.1. The molecule has 2 N–H and O–H groups in total. The highest BCUT2D eigenvalue weighted by molar-refractivity contribution is 5.53. The second-order valence-corrected chi connectivity index (χ2v) is 11.3. The molecule has 0 unspecified atom stereocenters. The fourth-order valence-electron chi connectivity index (χ4n) is 5.19. The van der Waals surface area contributed by atoms with Gasteiger partial charge in [-0.3, -0.25) is 0 Å². The molecule has 0 fully saturated rings. The summed E-state index contributed by atoms with van der Waals surface area (Å²) >= 11 is 0. The molecular formula is C35H52N4O2. The summed E-state index contributed by atoms with van der Waals surface area (Å²) in [7, 11) is 0. The second-order valence-electron chi connectivity index (χ2n) is 11.3. The van der Waals surface area contributed by atoms with Crippen LogP contribution < -0.4 is 10.6 Å². The van der Waals surface area contributed by atoms with Crippen molar-refractivity contribution in [3.05, 3.63) is 89.3 Å². The summed E-state index contributed by atoms with van der Waals surface area (Å²) in [6, 6.07) is 0. The van der Waals surface area contributed by atoms with Crippen LogP contribution in [-0.2, 0) is 13.1 Å². The van der Waals surface area contributed by atoms with Gasteiger partial charge in [-0.15, -0.1) is 0 Å². The molecule has 0 saturated carbocycles. The monoisotopic (exact) mass is 560 g/mol. The number of hydrogen-bond acceptors (Lipinski definition) is 6. The van der Waals surface area contributed by atoms with Crippen molar-refractivity contribution in [2.45, 2.75) is 117 Å². The normalized spacial score (nSPS) is 10.7. The molecule has 0 amide bonds. The summed E-state index contributed by atoms with van der Waals surface area (Å²) in [5.74, 6) is 2.49. The van der Waals surface area contributed by atoms with Crippen LogP contribution in [-0.4, -0.2) is 10.3 Å². The Balaban J connectivity index is 0.000000280. The maximum Gasteiger partial charge on any atom is 0.228 e. The molecule has 0 aliphatic heterocycles. The van der Waals surface area contributed by atoms with Crippen LogP contribution in [0.1, 0.15) is 96.8 Å². The molecule has 0 radical (unpaired) electrons. The molecule has 4 rings (SSSR count). The topological polar surface area (TPSA) is 76.1 Å². The predicted molar refractivity (Wildman–Crippen MR) is 174 cm³/mol. The third kappa shape index (κ3) is 6.69. The Bertz CT molecular complexity index is 1360. The largest absolute Gasteiger partial charge is 0.363 e. The Morgan fingerprint density at radius 3 is 1.17 bits per heavy atom. The van der Waals surface area contributed by atoms with Crippen LogP contribution in [0.3, 0.4) is 0 Å². The quantitative estimate of drug-likeness (QED) is 0.244. The number of hydrogen-bond donors (Lipinski definition) is 2. The van der Waals surface area contributed by atoms with Gasteiger partial charge in [0.25, 0.3) is 0 Å². The molecule has 6 nitrogen and oxygen atoms in total. The zero-order valence-electron chi connectivity index (χ0n) is 27.1. The van der Waals surface area contributed by atoms with Gasteiger partial charge in [0.1, 0.15) is 5.76 Å². The van der Waals surface area contributed by atoms with Gasteiger partial charge < -0.3 is 19.7 Å². The first-order chi connectivity index (χ1) is 18.7. The molecule has 0 atom stereocenters. The van der Waals surface area contributed by atoms with Crippen molar-refractivity contribution in [1.29, 1.82) is 0 Å². The first kappa shape index (κ1) is 33.7. The fourth-order valence-corrected chi connectivity index (χ4v) is 5.19. The van der Waals surface area contributed by atoms with Crippen LogP contribution in [0.15, 0.2) is 9.05 Å². The molecule has 4 aromatic rings. The lowest BCUT2D eigenvalue weighted by atomic mass is 9.89. The summed E-state index contributed by atoms with van der Waals surface area (Å²) in [4.78, 5) is 0. The average Bonchev–Trinajstić information content (AvgIpc) is 3.43. The number of benzene rings is 2. The number of aryl methyl sites for hydroxylation is 2. The molecule has 2 aromatic heterocycles. The molecule has 224 valence electrons. The van der Waals surface area contributed by atoms with Gasteiger partial charge in [0.05, 0.1) is 5.69 Å². The number of nitrogens with zero attached hydrogens (tertiary/aromatic N) is 2. The fraction of sp³-hybridized carbons (Fsp3) is 0.486. The van der Waals surface area contributed by atoms with Gasteiger partial charge in [-0.25, -0.2) is 0 Å². The van der Waals surface area contributed by atoms with Crippen molar-refractivity contribution in [3.8, 4) is 0 Å². The van der Waals surface area contributed by atoms with Gasteiger partial charge in [-0.2, -0.15) is 0 Å². The van der Waals surface area contributed by atoms with Gasteiger partial charge in [0.15, 0.2) is 5.82 Å². The van der Waals surface area contributed by atoms with Crippen molar-refractivity contribution in [1.82, 2.24) is 10.3 Å². The molecular weight excluding hydrogens is 508 g/mol. The standard InChI is InChI=1S/2C17H24N2O.CH4/c1-9-10(2)12(4)16(13(5)11(9)3)8-18-17-14(6)15(7)20-19-17;1-9-10(2)12(4)16(13(5)11(9)3)8-18-17-14(6)15(7)19-20-17;/h8H2,1-7H3,(H,18,19);18H,8H2,1-7H3;1H4. The molecule has 0 aliphatic carbocycles. The molecule has 0 saturated heterocycles. The highest BCUT2D eigenvalue weighted by Crippen LogP contribution is 2.29. The highest BCUT2D eigenvalue weighted by atomic mass is 16.5. The van der Waals surface area contributed by atoms with Crippen molar-refractivity contribution in [2.24, 2.45) is 0 Å². The van der Waals surface area contributed by atoms with Crippen LogP contribution in [0.2, 0.25) is 0 Å². The number of rotatable bonds is 6. The smallest absolute Gasteiger partial charge is 0.228 e. The van der Waals surface area contributed by atoms with Crippen molar-refractivity contribution in [2.75, 3.05) is 10.6 Å². The van der Waals surface area contributed by atoms with Gasteiger partial charge in [-0.05, 0) is 164 Å². The van der Waals surface area contributed by atoms with Crippen molar-refractivity contribution in [3.63, 3.8) is 0 Å². The van der Waals surface area contributed by atoms with E-state index in [1.165, 1.54) is 66.8 Å². The Morgan fingerprint density at radius 1 is 0.439 bits per heavy atom. The third-order valence-electron chi connectivity index (χ3n) is 9.48. The summed E-state index contributed by atoms with van der Waals surface area (Å²) in [5, 5.41) is 14.8. The summed E-state index contributed by atoms with van der Waals surface area (Å²) in [6.07, 6.45) is 0. The Hall–Kier alpha value is -3.54. The molecule has 2 aromatic carbocycles. The third-order valence-corrected chi connectivity index (χ3v) is 9.48. The summed E-state index contributed by atoms with van der Waals surface area (Å²) in [5.41, 5.74) is 19.7. The lowest BCUT2D eigenvalue weighted by Gasteiger charge is -2.19. The van der Waals surface area contributed by atoms with E-state index in [-0.39, 0.29) is 7.43 Å². The predicted octanol–water partition coefficient (Wildman–Crippen LogP) is 9.53. The molecule has 0 bridgehead atoms. The van der Waals surface area contributed by atoms with Gasteiger partial charge in [-0.1, -0.05) is 17.7 Å². The Morgan fingerprint density at radius 2 is 0.829 bits per heavy atom. The maximum atomic E-state index is 5.32. The van der Waals surface area contributed by atoms with Crippen LogP contribution in [0.25, 0.3) is 0 Å². The molecule has 2 heterocycles.